The number of nitrogens with two attached hydrogens (primary N) is 1. The van der Waals surface area contributed by atoms with Gasteiger partial charge in [-0.05, 0) is 13.0 Å². The lowest BCUT2D eigenvalue weighted by molar-refractivity contribution is -0.122. The van der Waals surface area contributed by atoms with E-state index in [1.165, 1.54) is 0 Å². The number of hydrogen-bond acceptors (Lipinski definition) is 6. The lowest BCUT2D eigenvalue weighted by atomic mass is 9.98. The van der Waals surface area contributed by atoms with Crippen molar-refractivity contribution in [1.29, 1.82) is 0 Å². The smallest absolute Gasteiger partial charge is 0.225 e. The third-order valence-corrected chi connectivity index (χ3v) is 4.94. The van der Waals surface area contributed by atoms with Gasteiger partial charge in [-0.3, -0.25) is 9.69 Å². The first-order valence-electron chi connectivity index (χ1n) is 8.29. The predicted octanol–water partition coefficient (Wildman–Crippen LogP) is -0.218. The van der Waals surface area contributed by atoms with Crippen LogP contribution < -0.4 is 10.6 Å². The number of anilines is 1. The molecule has 2 aliphatic heterocycles. The monoisotopic (exact) mass is 318 g/mol. The van der Waals surface area contributed by atoms with Crippen molar-refractivity contribution in [3.05, 3.63) is 18.0 Å². The molecule has 1 aromatic rings. The van der Waals surface area contributed by atoms with Crippen molar-refractivity contribution in [2.45, 2.75) is 13.5 Å². The molecule has 2 aliphatic rings. The van der Waals surface area contributed by atoms with Crippen molar-refractivity contribution in [2.24, 2.45) is 17.6 Å². The Kier molecular flexibility index (Phi) is 4.77. The SMILES string of the molecule is C[C@@H]1CN(Cc2cnc(N3CCN(C)CC3)nc2)C[C@H]1C(N)=O. The van der Waals surface area contributed by atoms with Gasteiger partial charge in [-0.25, -0.2) is 9.97 Å². The van der Waals surface area contributed by atoms with Gasteiger partial charge in [-0.2, -0.15) is 0 Å². The number of likely N-dealkylation sites (N-methyl/N-ethyl adjacent to an activating group) is 1. The molecule has 2 saturated heterocycles. The van der Waals surface area contributed by atoms with E-state index in [4.69, 9.17) is 5.73 Å². The Morgan fingerprint density at radius 3 is 2.43 bits per heavy atom. The van der Waals surface area contributed by atoms with Gasteiger partial charge in [-0.15, -0.1) is 0 Å². The van der Waals surface area contributed by atoms with Crippen LogP contribution in [0.3, 0.4) is 0 Å². The van der Waals surface area contributed by atoms with E-state index in [1.54, 1.807) is 0 Å². The topological polar surface area (TPSA) is 78.6 Å². The van der Waals surface area contributed by atoms with E-state index in [9.17, 15) is 4.79 Å². The van der Waals surface area contributed by atoms with Crippen molar-refractivity contribution >= 4 is 11.9 Å². The first-order chi connectivity index (χ1) is 11.0. The van der Waals surface area contributed by atoms with Gasteiger partial charge in [0.15, 0.2) is 0 Å². The van der Waals surface area contributed by atoms with Crippen LogP contribution in [0.25, 0.3) is 0 Å². The summed E-state index contributed by atoms with van der Waals surface area (Å²) < 4.78 is 0. The van der Waals surface area contributed by atoms with E-state index in [1.807, 2.05) is 12.4 Å². The molecule has 0 bridgehead atoms. The summed E-state index contributed by atoms with van der Waals surface area (Å²) in [7, 11) is 2.14. The maximum absolute atomic E-state index is 11.4. The summed E-state index contributed by atoms with van der Waals surface area (Å²) in [5.41, 5.74) is 6.54. The Labute approximate surface area is 137 Å². The second-order valence-electron chi connectivity index (χ2n) is 6.86. The van der Waals surface area contributed by atoms with Crippen molar-refractivity contribution in [3.63, 3.8) is 0 Å². The first kappa shape index (κ1) is 16.1. The van der Waals surface area contributed by atoms with Crippen LogP contribution in [0.2, 0.25) is 0 Å². The van der Waals surface area contributed by atoms with Gasteiger partial charge in [0, 0.05) is 63.8 Å². The molecule has 0 aromatic carbocycles. The van der Waals surface area contributed by atoms with Gasteiger partial charge in [0.25, 0.3) is 0 Å². The fourth-order valence-electron chi connectivity index (χ4n) is 3.42. The Bertz CT molecular complexity index is 540. The van der Waals surface area contributed by atoms with Gasteiger partial charge in [-0.1, -0.05) is 6.92 Å². The number of carbonyl (C=O) groups excluding carboxylic acids is 1. The predicted molar refractivity (Wildman–Crippen MR) is 88.9 cm³/mol. The molecule has 7 heteroatoms. The van der Waals surface area contributed by atoms with Gasteiger partial charge >= 0.3 is 0 Å². The molecule has 3 rings (SSSR count). The summed E-state index contributed by atoms with van der Waals surface area (Å²) in [6.07, 6.45) is 3.81. The lowest BCUT2D eigenvalue weighted by Gasteiger charge is -2.32. The van der Waals surface area contributed by atoms with Crippen molar-refractivity contribution in [3.8, 4) is 0 Å². The highest BCUT2D eigenvalue weighted by Gasteiger charge is 2.33. The Morgan fingerprint density at radius 1 is 1.22 bits per heavy atom. The van der Waals surface area contributed by atoms with Crippen LogP contribution in [0.5, 0.6) is 0 Å². The summed E-state index contributed by atoms with van der Waals surface area (Å²) >= 11 is 0. The highest BCUT2D eigenvalue weighted by Crippen LogP contribution is 2.24. The Hall–Kier alpha value is -1.73. The zero-order chi connectivity index (χ0) is 16.4. The highest BCUT2D eigenvalue weighted by molar-refractivity contribution is 5.77. The maximum Gasteiger partial charge on any atom is 0.225 e. The molecule has 126 valence electrons. The average Bonchev–Trinajstić information content (AvgIpc) is 2.90. The minimum absolute atomic E-state index is 0.0412. The maximum atomic E-state index is 11.4. The molecule has 1 aromatic heterocycles. The molecular weight excluding hydrogens is 292 g/mol. The second kappa shape index (κ2) is 6.80. The van der Waals surface area contributed by atoms with E-state index < -0.39 is 0 Å². The number of aromatic nitrogens is 2. The summed E-state index contributed by atoms with van der Waals surface area (Å²) in [6.45, 7) is 8.53. The summed E-state index contributed by atoms with van der Waals surface area (Å²) in [6, 6.07) is 0. The van der Waals surface area contributed by atoms with Crippen LogP contribution in [0, 0.1) is 11.8 Å². The molecule has 2 atom stereocenters. The normalized spacial score (nSPS) is 26.6. The zero-order valence-electron chi connectivity index (χ0n) is 14.0. The quantitative estimate of drug-likeness (QED) is 0.827. The fraction of sp³-hybridized carbons (Fsp3) is 0.688. The molecule has 0 unspecified atom stereocenters. The third-order valence-electron chi connectivity index (χ3n) is 4.94. The third kappa shape index (κ3) is 3.79. The van der Waals surface area contributed by atoms with E-state index in [0.717, 1.165) is 57.3 Å². The number of amides is 1. The first-order valence-corrected chi connectivity index (χ1v) is 8.29. The zero-order valence-corrected chi connectivity index (χ0v) is 14.0. The van der Waals surface area contributed by atoms with Gasteiger partial charge in [0.2, 0.25) is 11.9 Å². The molecule has 3 heterocycles. The number of primary amides is 1. The molecule has 1 amide bonds. The molecule has 0 radical (unpaired) electrons. The molecule has 0 aliphatic carbocycles. The average molecular weight is 318 g/mol. The second-order valence-corrected chi connectivity index (χ2v) is 6.86. The van der Waals surface area contributed by atoms with Crippen molar-refractivity contribution in [1.82, 2.24) is 19.8 Å². The number of piperazine rings is 1. The summed E-state index contributed by atoms with van der Waals surface area (Å²) in [4.78, 5) is 27.3. The van der Waals surface area contributed by atoms with Crippen LogP contribution in [0.1, 0.15) is 12.5 Å². The Morgan fingerprint density at radius 2 is 1.87 bits per heavy atom. The molecule has 0 saturated carbocycles. The van der Waals surface area contributed by atoms with Crippen LogP contribution >= 0.6 is 0 Å². The number of likely N-dealkylation sites (tertiary alicyclic amines) is 1. The van der Waals surface area contributed by atoms with E-state index in [0.29, 0.717) is 5.92 Å². The summed E-state index contributed by atoms with van der Waals surface area (Å²) in [5, 5.41) is 0. The van der Waals surface area contributed by atoms with Gasteiger partial charge in [0.1, 0.15) is 0 Å². The van der Waals surface area contributed by atoms with Crippen molar-refractivity contribution < 1.29 is 4.79 Å². The highest BCUT2D eigenvalue weighted by atomic mass is 16.1. The van der Waals surface area contributed by atoms with Crippen LogP contribution in [-0.2, 0) is 11.3 Å². The van der Waals surface area contributed by atoms with E-state index in [2.05, 4.69) is 38.6 Å². The van der Waals surface area contributed by atoms with Crippen LogP contribution in [0.15, 0.2) is 12.4 Å². The molecule has 23 heavy (non-hydrogen) atoms. The lowest BCUT2D eigenvalue weighted by Crippen LogP contribution is -2.45. The minimum Gasteiger partial charge on any atom is -0.369 e. The summed E-state index contributed by atoms with van der Waals surface area (Å²) in [5.74, 6) is 0.895. The largest absolute Gasteiger partial charge is 0.369 e. The van der Waals surface area contributed by atoms with Crippen LogP contribution in [0.4, 0.5) is 5.95 Å². The van der Waals surface area contributed by atoms with Gasteiger partial charge in [0.05, 0.1) is 5.92 Å². The fourth-order valence-corrected chi connectivity index (χ4v) is 3.42. The van der Waals surface area contributed by atoms with E-state index >= 15 is 0 Å². The molecule has 7 nitrogen and oxygen atoms in total. The Balaban J connectivity index is 1.57. The number of hydrogen-bond donors (Lipinski definition) is 1. The molecule has 2 N–H and O–H groups in total. The van der Waals surface area contributed by atoms with Crippen molar-refractivity contribution in [2.75, 3.05) is 51.2 Å². The van der Waals surface area contributed by atoms with Crippen LogP contribution in [-0.4, -0.2) is 72.0 Å². The number of rotatable bonds is 4. The van der Waals surface area contributed by atoms with E-state index in [-0.39, 0.29) is 11.8 Å². The number of nitrogens with zero attached hydrogens (tertiary/aromatic N) is 5. The number of carbonyl (C=O) groups is 1. The molecule has 0 spiro atoms. The van der Waals surface area contributed by atoms with Gasteiger partial charge < -0.3 is 15.5 Å². The molecule has 2 fully saturated rings. The standard InChI is InChI=1S/C16H26N6O/c1-12-9-21(11-14(12)15(17)23)10-13-7-18-16(19-8-13)22-5-3-20(2)4-6-22/h7-8,12,14H,3-6,9-11H2,1-2H3,(H2,17,23)/t12-,14-/m1/s1. The minimum atomic E-state index is -0.193. The molecular formula is C16H26N6O.